The summed E-state index contributed by atoms with van der Waals surface area (Å²) in [4.78, 5) is 12.8. The average Bonchev–Trinajstić information content (AvgIpc) is 2.24. The molecule has 0 N–H and O–H groups in total. The summed E-state index contributed by atoms with van der Waals surface area (Å²) in [5.41, 5.74) is -0.777. The molecular formula is C12H18F5NO3. The van der Waals surface area contributed by atoms with Gasteiger partial charge in [-0.15, -0.1) is 0 Å². The first-order valence-electron chi connectivity index (χ1n) is 6.42. The van der Waals surface area contributed by atoms with E-state index >= 15 is 0 Å². The molecule has 0 bridgehead atoms. The zero-order valence-electron chi connectivity index (χ0n) is 12.0. The zero-order valence-corrected chi connectivity index (χ0v) is 12.0. The predicted molar refractivity (Wildman–Crippen MR) is 62.9 cm³/mol. The lowest BCUT2D eigenvalue weighted by molar-refractivity contribution is -0.403. The lowest BCUT2D eigenvalue weighted by atomic mass is 10.1. The maximum Gasteiger partial charge on any atom is 0.482 e. The molecule has 1 saturated heterocycles. The molecule has 0 aromatic carbocycles. The average molecular weight is 319 g/mol. The number of hydrogen-bond donors (Lipinski definition) is 0. The highest BCUT2D eigenvalue weighted by Crippen LogP contribution is 2.38. The van der Waals surface area contributed by atoms with Crippen molar-refractivity contribution in [1.82, 2.24) is 4.90 Å². The van der Waals surface area contributed by atoms with Gasteiger partial charge in [0, 0.05) is 6.54 Å². The summed E-state index contributed by atoms with van der Waals surface area (Å²) in [7, 11) is 0. The van der Waals surface area contributed by atoms with Crippen LogP contribution in [0.3, 0.4) is 0 Å². The summed E-state index contributed by atoms with van der Waals surface area (Å²) in [6.45, 7) is 4.74. The van der Waals surface area contributed by atoms with Gasteiger partial charge in [0.05, 0.1) is 12.6 Å². The number of hydrogen-bond acceptors (Lipinski definition) is 3. The molecule has 1 rings (SSSR count). The Morgan fingerprint density at radius 3 is 2.19 bits per heavy atom. The molecule has 0 aliphatic carbocycles. The van der Waals surface area contributed by atoms with E-state index in [1.807, 2.05) is 0 Å². The second kappa shape index (κ2) is 5.94. The van der Waals surface area contributed by atoms with Gasteiger partial charge in [-0.3, -0.25) is 0 Å². The van der Waals surface area contributed by atoms with Crippen molar-refractivity contribution >= 4 is 6.09 Å². The van der Waals surface area contributed by atoms with E-state index in [0.717, 1.165) is 4.90 Å². The van der Waals surface area contributed by atoms with E-state index < -0.39 is 30.1 Å². The molecule has 21 heavy (non-hydrogen) atoms. The lowest BCUT2D eigenvalue weighted by Crippen LogP contribution is -2.49. The van der Waals surface area contributed by atoms with Crippen molar-refractivity contribution in [1.29, 1.82) is 0 Å². The third-order valence-corrected chi connectivity index (χ3v) is 2.67. The van der Waals surface area contributed by atoms with Gasteiger partial charge in [0.15, 0.2) is 0 Å². The van der Waals surface area contributed by atoms with Crippen molar-refractivity contribution in [2.24, 2.45) is 0 Å². The Morgan fingerprint density at radius 2 is 1.71 bits per heavy atom. The number of ether oxygens (including phenoxy) is 2. The Balaban J connectivity index is 2.63. The fourth-order valence-corrected chi connectivity index (χ4v) is 1.80. The third kappa shape index (κ3) is 5.29. The molecule has 0 spiro atoms. The second-order valence-electron chi connectivity index (χ2n) is 5.82. The molecule has 1 aliphatic heterocycles. The number of carbonyl (C=O) groups is 1. The summed E-state index contributed by atoms with van der Waals surface area (Å²) in [6.07, 6.45) is -12.9. The predicted octanol–water partition coefficient (Wildman–Crippen LogP) is 3.56. The van der Waals surface area contributed by atoms with Crippen molar-refractivity contribution in [2.45, 2.75) is 57.6 Å². The minimum Gasteiger partial charge on any atom is -0.444 e. The molecule has 1 fully saturated rings. The van der Waals surface area contributed by atoms with Gasteiger partial charge < -0.3 is 14.4 Å². The van der Waals surface area contributed by atoms with Gasteiger partial charge >= 0.3 is 18.4 Å². The van der Waals surface area contributed by atoms with Gasteiger partial charge in [-0.05, 0) is 33.6 Å². The first kappa shape index (κ1) is 17.9. The normalized spacial score (nSPS) is 21.3. The number of nitrogens with zero attached hydrogens (tertiary/aromatic N) is 1. The van der Waals surface area contributed by atoms with Crippen molar-refractivity contribution < 1.29 is 36.2 Å². The molecule has 0 aromatic heterocycles. The second-order valence-corrected chi connectivity index (χ2v) is 5.82. The first-order valence-corrected chi connectivity index (χ1v) is 6.42. The third-order valence-electron chi connectivity index (χ3n) is 2.67. The van der Waals surface area contributed by atoms with Crippen LogP contribution in [-0.2, 0) is 9.47 Å². The highest BCUT2D eigenvalue weighted by Gasteiger charge is 2.60. The van der Waals surface area contributed by atoms with E-state index in [9.17, 15) is 26.7 Å². The molecule has 1 amide bonds. The van der Waals surface area contributed by atoms with Crippen LogP contribution in [0.4, 0.5) is 26.7 Å². The topological polar surface area (TPSA) is 38.8 Å². The Bertz CT molecular complexity index is 378. The van der Waals surface area contributed by atoms with Crippen LogP contribution in [0.25, 0.3) is 0 Å². The number of carbonyl (C=O) groups excluding carboxylic acids is 1. The quantitative estimate of drug-likeness (QED) is 0.731. The van der Waals surface area contributed by atoms with Crippen molar-refractivity contribution in [3.05, 3.63) is 0 Å². The maximum absolute atomic E-state index is 12.8. The van der Waals surface area contributed by atoms with E-state index in [1.165, 1.54) is 0 Å². The van der Waals surface area contributed by atoms with Crippen molar-refractivity contribution in [3.63, 3.8) is 0 Å². The summed E-state index contributed by atoms with van der Waals surface area (Å²) in [5, 5.41) is 0. The standard InChI is InChI=1S/C12H18F5NO3/c1-10(2,3)21-9(19)18-6-4-5-8(7-18)20-12(16,17)11(13,14)15/h8H,4-7H2,1-3H3. The first-order chi connectivity index (χ1) is 9.32. The van der Waals surface area contributed by atoms with Gasteiger partial charge in [0.1, 0.15) is 5.60 Å². The number of rotatable bonds is 2. The summed E-state index contributed by atoms with van der Waals surface area (Å²) in [6, 6.07) is 0. The van der Waals surface area contributed by atoms with Crippen LogP contribution < -0.4 is 0 Å². The van der Waals surface area contributed by atoms with Crippen LogP contribution >= 0.6 is 0 Å². The molecule has 0 radical (unpaired) electrons. The molecule has 1 atom stereocenters. The van der Waals surface area contributed by atoms with Crippen LogP contribution in [0, 0.1) is 0 Å². The van der Waals surface area contributed by atoms with Gasteiger partial charge in [-0.2, -0.15) is 22.0 Å². The highest BCUT2D eigenvalue weighted by molar-refractivity contribution is 5.68. The smallest absolute Gasteiger partial charge is 0.444 e. The van der Waals surface area contributed by atoms with E-state index in [0.29, 0.717) is 0 Å². The van der Waals surface area contributed by atoms with E-state index in [4.69, 9.17) is 4.74 Å². The van der Waals surface area contributed by atoms with E-state index in [-0.39, 0.29) is 25.9 Å². The van der Waals surface area contributed by atoms with Crippen LogP contribution in [0.15, 0.2) is 0 Å². The van der Waals surface area contributed by atoms with Crippen LogP contribution in [-0.4, -0.2) is 48.1 Å². The highest BCUT2D eigenvalue weighted by atomic mass is 19.4. The van der Waals surface area contributed by atoms with Gasteiger partial charge in [-0.1, -0.05) is 0 Å². The zero-order chi connectivity index (χ0) is 16.5. The number of likely N-dealkylation sites (tertiary alicyclic amines) is 1. The van der Waals surface area contributed by atoms with Crippen LogP contribution in [0.1, 0.15) is 33.6 Å². The molecule has 4 nitrogen and oxygen atoms in total. The Kier molecular flexibility index (Phi) is 5.07. The SMILES string of the molecule is CC(C)(C)OC(=O)N1CCCC(OC(F)(F)C(F)(F)F)C1. The van der Waals surface area contributed by atoms with Crippen molar-refractivity contribution in [3.8, 4) is 0 Å². The minimum absolute atomic E-state index is 0.0188. The van der Waals surface area contributed by atoms with E-state index in [1.54, 1.807) is 20.8 Å². The number of amides is 1. The molecular weight excluding hydrogens is 301 g/mol. The molecule has 1 aliphatic rings. The van der Waals surface area contributed by atoms with Crippen molar-refractivity contribution in [2.75, 3.05) is 13.1 Å². The van der Waals surface area contributed by atoms with Gasteiger partial charge in [0.25, 0.3) is 0 Å². The van der Waals surface area contributed by atoms with E-state index in [2.05, 4.69) is 4.74 Å². The molecule has 1 heterocycles. The van der Waals surface area contributed by atoms with Gasteiger partial charge in [-0.25, -0.2) is 4.79 Å². The molecule has 1 unspecified atom stereocenters. The fourth-order valence-electron chi connectivity index (χ4n) is 1.80. The number of alkyl halides is 5. The summed E-state index contributed by atoms with van der Waals surface area (Å²) >= 11 is 0. The largest absolute Gasteiger partial charge is 0.482 e. The number of halogens is 5. The monoisotopic (exact) mass is 319 g/mol. The molecule has 0 saturated carbocycles. The minimum atomic E-state index is -5.78. The summed E-state index contributed by atoms with van der Waals surface area (Å²) < 4.78 is 70.8. The Hall–Kier alpha value is -1.12. The number of piperidine rings is 1. The fraction of sp³-hybridized carbons (Fsp3) is 0.917. The Labute approximate surface area is 119 Å². The maximum atomic E-state index is 12.8. The van der Waals surface area contributed by atoms with Gasteiger partial charge in [0.2, 0.25) is 0 Å². The molecule has 124 valence electrons. The summed E-state index contributed by atoms with van der Waals surface area (Å²) in [5.74, 6) is 0. The molecule has 0 aromatic rings. The molecule has 9 heteroatoms. The Morgan fingerprint density at radius 1 is 1.14 bits per heavy atom. The lowest BCUT2D eigenvalue weighted by Gasteiger charge is -2.35. The van der Waals surface area contributed by atoms with Crippen LogP contribution in [0.5, 0.6) is 0 Å². The van der Waals surface area contributed by atoms with Crippen LogP contribution in [0.2, 0.25) is 0 Å².